The van der Waals surface area contributed by atoms with Crippen LogP contribution in [0.4, 0.5) is 0 Å². The number of benzene rings is 1. The van der Waals surface area contributed by atoms with Gasteiger partial charge in [-0.1, -0.05) is 6.08 Å². The van der Waals surface area contributed by atoms with Crippen LogP contribution < -0.4 is 20.6 Å². The normalized spacial score (nSPS) is 19.3. The first kappa shape index (κ1) is 21.4. The zero-order valence-corrected chi connectivity index (χ0v) is 17.0. The number of aromatic hydroxyl groups is 1. The monoisotopic (exact) mass is 417 g/mol. The number of hydrogen-bond donors (Lipinski definition) is 2. The fraction of sp³-hybridized carbons (Fsp3) is 0.333. The molecule has 0 fully saturated rings. The molecule has 30 heavy (non-hydrogen) atoms. The number of nitrogens with two attached hydrogens (primary N) is 1. The number of ether oxygens (including phenoxy) is 4. The Kier molecular flexibility index (Phi) is 6.14. The number of esters is 1. The molecular weight excluding hydrogens is 394 g/mol. The Hall–Kier alpha value is -3.30. The maximum absolute atomic E-state index is 12.9. The molecule has 3 atom stereocenters. The second-order valence-corrected chi connectivity index (χ2v) is 6.68. The molecule has 0 radical (unpaired) electrons. The Labute approximate surface area is 172 Å². The highest BCUT2D eigenvalue weighted by Crippen LogP contribution is 2.35. The van der Waals surface area contributed by atoms with Crippen LogP contribution in [0.25, 0.3) is 16.5 Å². The average molecular weight is 417 g/mol. The second kappa shape index (κ2) is 8.60. The fourth-order valence-electron chi connectivity index (χ4n) is 3.09. The van der Waals surface area contributed by atoms with E-state index in [9.17, 15) is 14.7 Å². The molecule has 1 aliphatic rings. The number of hydrogen-bond acceptors (Lipinski definition) is 9. The number of carbonyl (C=O) groups excluding carboxylic acids is 1. The van der Waals surface area contributed by atoms with Crippen molar-refractivity contribution in [3.05, 3.63) is 46.3 Å². The first-order valence-electron chi connectivity index (χ1n) is 9.11. The average Bonchev–Trinajstić information content (AvgIpc) is 2.73. The van der Waals surface area contributed by atoms with E-state index in [1.165, 1.54) is 40.4 Å². The molecule has 1 aromatic heterocycles. The van der Waals surface area contributed by atoms with E-state index in [4.69, 9.17) is 29.1 Å². The molecule has 1 aliphatic carbocycles. The predicted molar refractivity (Wildman–Crippen MR) is 109 cm³/mol. The van der Waals surface area contributed by atoms with Gasteiger partial charge in [0.1, 0.15) is 40.7 Å². The summed E-state index contributed by atoms with van der Waals surface area (Å²) in [6, 6.07) is 2.03. The van der Waals surface area contributed by atoms with Crippen LogP contribution in [-0.2, 0) is 14.3 Å². The van der Waals surface area contributed by atoms with Crippen LogP contribution >= 0.6 is 0 Å². The number of phenols is 1. The highest BCUT2D eigenvalue weighted by molar-refractivity contribution is 5.89. The van der Waals surface area contributed by atoms with Crippen LogP contribution in [-0.4, -0.2) is 50.7 Å². The Morgan fingerprint density at radius 3 is 2.53 bits per heavy atom. The van der Waals surface area contributed by atoms with E-state index < -0.39 is 29.6 Å². The van der Waals surface area contributed by atoms with Crippen LogP contribution in [0.3, 0.4) is 0 Å². The maximum Gasteiger partial charge on any atom is 0.323 e. The van der Waals surface area contributed by atoms with Gasteiger partial charge in [0.2, 0.25) is 11.2 Å². The van der Waals surface area contributed by atoms with Gasteiger partial charge in [-0.05, 0) is 19.1 Å². The predicted octanol–water partition coefficient (Wildman–Crippen LogP) is 1.74. The molecule has 9 heteroatoms. The largest absolute Gasteiger partial charge is 0.507 e. The van der Waals surface area contributed by atoms with Gasteiger partial charge in [-0.25, -0.2) is 0 Å². The lowest BCUT2D eigenvalue weighted by Crippen LogP contribution is -2.37. The van der Waals surface area contributed by atoms with Crippen molar-refractivity contribution in [3.63, 3.8) is 0 Å². The minimum absolute atomic E-state index is 0.0242. The third-order valence-corrected chi connectivity index (χ3v) is 4.64. The third-order valence-electron chi connectivity index (χ3n) is 4.64. The minimum Gasteiger partial charge on any atom is -0.507 e. The molecule has 0 saturated heterocycles. The van der Waals surface area contributed by atoms with Gasteiger partial charge in [-0.15, -0.1) is 0 Å². The number of methoxy groups -OCH3 is 3. The zero-order chi connectivity index (χ0) is 22.0. The molecule has 0 amide bonds. The van der Waals surface area contributed by atoms with Gasteiger partial charge in [0.25, 0.3) is 0 Å². The molecule has 2 unspecified atom stereocenters. The number of allylic oxidation sites excluding steroid dienone is 2. The van der Waals surface area contributed by atoms with E-state index in [0.29, 0.717) is 11.3 Å². The molecule has 0 bridgehead atoms. The van der Waals surface area contributed by atoms with Gasteiger partial charge in [-0.2, -0.15) is 0 Å². The summed E-state index contributed by atoms with van der Waals surface area (Å²) in [6.07, 6.45) is 3.54. The van der Waals surface area contributed by atoms with E-state index >= 15 is 0 Å². The van der Waals surface area contributed by atoms with E-state index in [1.807, 2.05) is 0 Å². The molecular formula is C21H23NO8. The van der Waals surface area contributed by atoms with E-state index in [1.54, 1.807) is 18.2 Å². The summed E-state index contributed by atoms with van der Waals surface area (Å²) >= 11 is 0. The molecule has 9 nitrogen and oxygen atoms in total. The van der Waals surface area contributed by atoms with Crippen molar-refractivity contribution in [2.75, 3.05) is 21.3 Å². The quantitative estimate of drug-likeness (QED) is 0.675. The first-order chi connectivity index (χ1) is 14.3. The summed E-state index contributed by atoms with van der Waals surface area (Å²) in [5, 5.41) is 10.2. The summed E-state index contributed by atoms with van der Waals surface area (Å²) in [6.45, 7) is 1.52. The lowest BCUT2D eigenvalue weighted by Gasteiger charge is -2.25. The highest BCUT2D eigenvalue weighted by atomic mass is 16.6. The number of phenolic OH excluding ortho intramolecular Hbond substituents is 1. The van der Waals surface area contributed by atoms with E-state index in [-0.39, 0.29) is 28.2 Å². The maximum atomic E-state index is 12.9. The van der Waals surface area contributed by atoms with Crippen molar-refractivity contribution in [1.82, 2.24) is 0 Å². The van der Waals surface area contributed by atoms with Crippen molar-refractivity contribution in [2.24, 2.45) is 5.73 Å². The number of rotatable bonds is 6. The zero-order valence-electron chi connectivity index (χ0n) is 17.0. The van der Waals surface area contributed by atoms with Gasteiger partial charge < -0.3 is 34.2 Å². The summed E-state index contributed by atoms with van der Waals surface area (Å²) in [5.41, 5.74) is 5.62. The fourth-order valence-corrected chi connectivity index (χ4v) is 3.09. The number of fused-ring (bicyclic) bond motifs is 1. The van der Waals surface area contributed by atoms with Gasteiger partial charge in [0.05, 0.1) is 14.2 Å². The summed E-state index contributed by atoms with van der Waals surface area (Å²) < 4.78 is 27.1. The Balaban J connectivity index is 2.10. The lowest BCUT2D eigenvalue weighted by molar-refractivity contribution is -0.152. The molecule has 0 saturated carbocycles. The molecule has 3 rings (SSSR count). The van der Waals surface area contributed by atoms with Crippen LogP contribution in [0.2, 0.25) is 0 Å². The van der Waals surface area contributed by atoms with Gasteiger partial charge in [-0.3, -0.25) is 9.59 Å². The van der Waals surface area contributed by atoms with Crippen molar-refractivity contribution in [2.45, 2.75) is 25.2 Å². The molecule has 160 valence electrons. The number of carbonyl (C=O) groups is 1. The van der Waals surface area contributed by atoms with E-state index in [0.717, 1.165) is 0 Å². The standard InChI is InChI=1S/C21H23NO8/c1-10(22)21(25)30-14-6-5-11(7-15(14)27-3)19-20(28-4)18(24)17-13(23)8-12(26-2)9-16(17)29-19/h5-10,14-15,23H,22H2,1-4H3/t10-,14?,15?/m0/s1. The van der Waals surface area contributed by atoms with E-state index in [2.05, 4.69) is 0 Å². The summed E-state index contributed by atoms with van der Waals surface area (Å²) in [4.78, 5) is 24.8. The van der Waals surface area contributed by atoms with Crippen molar-refractivity contribution in [3.8, 4) is 17.2 Å². The summed E-state index contributed by atoms with van der Waals surface area (Å²) in [5.74, 6) is -0.475. The van der Waals surface area contributed by atoms with Gasteiger partial charge in [0.15, 0.2) is 5.76 Å². The Morgan fingerprint density at radius 2 is 1.93 bits per heavy atom. The van der Waals surface area contributed by atoms with Gasteiger partial charge >= 0.3 is 5.97 Å². The molecule has 1 heterocycles. The molecule has 3 N–H and O–H groups in total. The molecule has 2 aromatic rings. The molecule has 0 spiro atoms. The SMILES string of the molecule is COc1cc(O)c2c(=O)c(OC)c(C3=CC(OC)C(OC(=O)[C@H](C)N)C=C3)oc2c1. The Morgan fingerprint density at radius 1 is 1.20 bits per heavy atom. The van der Waals surface area contributed by atoms with Crippen molar-refractivity contribution < 1.29 is 33.3 Å². The molecule has 1 aromatic carbocycles. The topological polar surface area (TPSA) is 130 Å². The van der Waals surface area contributed by atoms with Crippen LogP contribution in [0, 0.1) is 0 Å². The highest BCUT2D eigenvalue weighted by Gasteiger charge is 2.29. The van der Waals surface area contributed by atoms with Crippen LogP contribution in [0.5, 0.6) is 17.2 Å². The third kappa shape index (κ3) is 3.89. The molecule has 0 aliphatic heterocycles. The summed E-state index contributed by atoms with van der Waals surface area (Å²) in [7, 11) is 4.22. The first-order valence-corrected chi connectivity index (χ1v) is 9.11. The smallest absolute Gasteiger partial charge is 0.323 e. The Bertz CT molecular complexity index is 1080. The van der Waals surface area contributed by atoms with Crippen molar-refractivity contribution in [1.29, 1.82) is 0 Å². The minimum atomic E-state index is -0.775. The second-order valence-electron chi connectivity index (χ2n) is 6.68. The van der Waals surface area contributed by atoms with Crippen LogP contribution in [0.1, 0.15) is 12.7 Å². The van der Waals surface area contributed by atoms with Gasteiger partial charge in [0, 0.05) is 24.8 Å². The van der Waals surface area contributed by atoms with Crippen LogP contribution in [0.15, 0.2) is 39.6 Å². The lowest BCUT2D eigenvalue weighted by atomic mass is 9.99. The van der Waals surface area contributed by atoms with Crippen molar-refractivity contribution >= 4 is 22.5 Å².